The minimum Gasteiger partial charge on any atom is -0.368 e. The topological polar surface area (TPSA) is 58.4 Å². The Morgan fingerprint density at radius 3 is 2.32 bits per heavy atom. The van der Waals surface area contributed by atoms with Gasteiger partial charge in [0.15, 0.2) is 0 Å². The van der Waals surface area contributed by atoms with Gasteiger partial charge in [0.25, 0.3) is 0 Å². The van der Waals surface area contributed by atoms with Crippen molar-refractivity contribution in [1.82, 2.24) is 14.1 Å². The van der Waals surface area contributed by atoms with Crippen LogP contribution in [0.2, 0.25) is 5.02 Å². The molecule has 1 saturated heterocycles. The lowest BCUT2D eigenvalue weighted by molar-refractivity contribution is 0.384. The molecule has 0 saturated carbocycles. The van der Waals surface area contributed by atoms with Crippen LogP contribution < -0.4 is 4.90 Å². The lowest BCUT2D eigenvalue weighted by Crippen LogP contribution is -2.48. The first-order valence-corrected chi connectivity index (χ1v) is 10.2. The highest BCUT2D eigenvalue weighted by molar-refractivity contribution is 7.89. The maximum atomic E-state index is 13.0. The monoisotopic (exact) mass is 382 g/mol. The maximum absolute atomic E-state index is 13.0. The van der Waals surface area contributed by atoms with Crippen molar-refractivity contribution in [2.45, 2.75) is 31.7 Å². The van der Waals surface area contributed by atoms with Gasteiger partial charge in [0.1, 0.15) is 4.90 Å². The molecule has 0 spiro atoms. The van der Waals surface area contributed by atoms with Crippen LogP contribution in [-0.2, 0) is 10.0 Å². The van der Waals surface area contributed by atoms with Gasteiger partial charge in [-0.1, -0.05) is 23.7 Å². The van der Waals surface area contributed by atoms with Gasteiger partial charge in [-0.3, -0.25) is 4.68 Å². The Morgan fingerprint density at radius 2 is 1.76 bits per heavy atom. The Labute approximate surface area is 154 Å². The van der Waals surface area contributed by atoms with Gasteiger partial charge >= 0.3 is 0 Å². The third-order valence-corrected chi connectivity index (χ3v) is 6.77. The van der Waals surface area contributed by atoms with Gasteiger partial charge in [-0.2, -0.15) is 9.40 Å². The van der Waals surface area contributed by atoms with Gasteiger partial charge in [0, 0.05) is 38.4 Å². The number of piperazine rings is 1. The first kappa shape index (κ1) is 18.2. The third kappa shape index (κ3) is 3.54. The standard InChI is InChI=1S/C17H23ClN4O2S/c1-13(2)22-12-17(14(3)19-22)25(23,24)21-10-8-20(9-11-21)16-7-5-4-6-15(16)18/h4-7,12-13H,8-11H2,1-3H3. The molecular weight excluding hydrogens is 360 g/mol. The molecule has 0 unspecified atom stereocenters. The molecule has 0 bridgehead atoms. The van der Waals surface area contributed by atoms with Gasteiger partial charge in [-0.15, -0.1) is 0 Å². The summed E-state index contributed by atoms with van der Waals surface area (Å²) in [5, 5.41) is 5.02. The molecule has 8 heteroatoms. The van der Waals surface area contributed by atoms with Crippen LogP contribution in [0.4, 0.5) is 5.69 Å². The molecule has 1 aromatic carbocycles. The van der Waals surface area contributed by atoms with E-state index in [1.165, 1.54) is 4.31 Å². The Bertz CT molecular complexity index is 855. The highest BCUT2D eigenvalue weighted by Gasteiger charge is 2.31. The van der Waals surface area contributed by atoms with Crippen LogP contribution in [-0.4, -0.2) is 48.7 Å². The summed E-state index contributed by atoms with van der Waals surface area (Å²) >= 11 is 6.25. The van der Waals surface area contributed by atoms with E-state index in [4.69, 9.17) is 11.6 Å². The Hall–Kier alpha value is -1.57. The molecule has 0 amide bonds. The molecule has 136 valence electrons. The summed E-state index contributed by atoms with van der Waals surface area (Å²) in [6.45, 7) is 7.78. The smallest absolute Gasteiger partial charge is 0.246 e. The number of hydrogen-bond donors (Lipinski definition) is 0. The zero-order chi connectivity index (χ0) is 18.2. The molecule has 1 aliphatic heterocycles. The Kier molecular flexibility index (Phi) is 5.09. The normalized spacial score (nSPS) is 16.6. The highest BCUT2D eigenvalue weighted by atomic mass is 35.5. The summed E-state index contributed by atoms with van der Waals surface area (Å²) in [6.07, 6.45) is 1.63. The third-order valence-electron chi connectivity index (χ3n) is 4.45. The molecule has 1 fully saturated rings. The SMILES string of the molecule is Cc1nn(C(C)C)cc1S(=O)(=O)N1CCN(c2ccccc2Cl)CC1. The number of anilines is 1. The van der Waals surface area contributed by atoms with Crippen LogP contribution in [0, 0.1) is 6.92 Å². The van der Waals surface area contributed by atoms with Gasteiger partial charge in [-0.05, 0) is 32.9 Å². The highest BCUT2D eigenvalue weighted by Crippen LogP contribution is 2.28. The van der Waals surface area contributed by atoms with Gasteiger partial charge in [0.2, 0.25) is 10.0 Å². The first-order chi connectivity index (χ1) is 11.8. The largest absolute Gasteiger partial charge is 0.368 e. The summed E-state index contributed by atoms with van der Waals surface area (Å²) in [5.41, 5.74) is 1.49. The van der Waals surface area contributed by atoms with Crippen molar-refractivity contribution in [3.63, 3.8) is 0 Å². The number of halogens is 1. The van der Waals surface area contributed by atoms with Crippen molar-refractivity contribution >= 4 is 27.3 Å². The van der Waals surface area contributed by atoms with Crippen molar-refractivity contribution in [2.24, 2.45) is 0 Å². The Balaban J connectivity index is 1.77. The summed E-state index contributed by atoms with van der Waals surface area (Å²) < 4.78 is 29.2. The number of benzene rings is 1. The fraction of sp³-hybridized carbons (Fsp3) is 0.471. The number of sulfonamides is 1. The van der Waals surface area contributed by atoms with Crippen LogP contribution in [0.3, 0.4) is 0 Å². The lowest BCUT2D eigenvalue weighted by Gasteiger charge is -2.35. The molecule has 0 N–H and O–H groups in total. The lowest BCUT2D eigenvalue weighted by atomic mass is 10.2. The van der Waals surface area contributed by atoms with Crippen LogP contribution in [0.5, 0.6) is 0 Å². The van der Waals surface area contributed by atoms with Crippen molar-refractivity contribution in [3.8, 4) is 0 Å². The van der Waals surface area contributed by atoms with Crippen molar-refractivity contribution in [1.29, 1.82) is 0 Å². The second-order valence-corrected chi connectivity index (χ2v) is 8.81. The second-order valence-electron chi connectivity index (χ2n) is 6.50. The molecule has 2 aromatic rings. The molecule has 6 nitrogen and oxygen atoms in total. The first-order valence-electron chi connectivity index (χ1n) is 8.36. The summed E-state index contributed by atoms with van der Waals surface area (Å²) in [6, 6.07) is 7.77. The van der Waals surface area contributed by atoms with Gasteiger partial charge < -0.3 is 4.90 Å². The molecule has 1 aliphatic rings. The summed E-state index contributed by atoms with van der Waals surface area (Å²) in [7, 11) is -3.53. The van der Waals surface area contributed by atoms with E-state index in [0.717, 1.165) is 5.69 Å². The average molecular weight is 383 g/mol. The van der Waals surface area contributed by atoms with Crippen LogP contribution >= 0.6 is 11.6 Å². The molecule has 0 aliphatic carbocycles. The second kappa shape index (κ2) is 6.97. The minimum absolute atomic E-state index is 0.125. The predicted molar refractivity (Wildman–Crippen MR) is 99.8 cm³/mol. The fourth-order valence-electron chi connectivity index (χ4n) is 3.00. The predicted octanol–water partition coefficient (Wildman–Crippen LogP) is 2.94. The molecule has 0 atom stereocenters. The zero-order valence-electron chi connectivity index (χ0n) is 14.7. The van der Waals surface area contributed by atoms with Gasteiger partial charge in [0.05, 0.1) is 16.4 Å². The van der Waals surface area contributed by atoms with Crippen molar-refractivity contribution in [2.75, 3.05) is 31.1 Å². The summed E-state index contributed by atoms with van der Waals surface area (Å²) in [5.74, 6) is 0. The molecule has 0 radical (unpaired) electrons. The quantitative estimate of drug-likeness (QED) is 0.815. The van der Waals surface area contributed by atoms with E-state index in [1.807, 2.05) is 38.1 Å². The van der Waals surface area contributed by atoms with Crippen LogP contribution in [0.15, 0.2) is 35.4 Å². The fourth-order valence-corrected chi connectivity index (χ4v) is 4.83. The number of hydrogen-bond acceptors (Lipinski definition) is 4. The number of para-hydroxylation sites is 1. The van der Waals surface area contributed by atoms with Crippen molar-refractivity contribution in [3.05, 3.63) is 41.2 Å². The van der Waals surface area contributed by atoms with Crippen molar-refractivity contribution < 1.29 is 8.42 Å². The van der Waals surface area contributed by atoms with E-state index in [-0.39, 0.29) is 6.04 Å². The van der Waals surface area contributed by atoms with E-state index >= 15 is 0 Å². The van der Waals surface area contributed by atoms with Gasteiger partial charge in [-0.25, -0.2) is 8.42 Å². The zero-order valence-corrected chi connectivity index (χ0v) is 16.3. The van der Waals surface area contributed by atoms with Crippen LogP contribution in [0.25, 0.3) is 0 Å². The molecule has 2 heterocycles. The van der Waals surface area contributed by atoms with E-state index in [0.29, 0.717) is 41.8 Å². The number of aryl methyl sites for hydroxylation is 1. The maximum Gasteiger partial charge on any atom is 0.246 e. The van der Waals surface area contributed by atoms with Crippen LogP contribution in [0.1, 0.15) is 25.6 Å². The number of rotatable bonds is 4. The van der Waals surface area contributed by atoms with E-state index < -0.39 is 10.0 Å². The van der Waals surface area contributed by atoms with E-state index in [1.54, 1.807) is 17.8 Å². The Morgan fingerprint density at radius 1 is 1.12 bits per heavy atom. The molecular formula is C17H23ClN4O2S. The molecule has 3 rings (SSSR count). The summed E-state index contributed by atoms with van der Waals surface area (Å²) in [4.78, 5) is 2.42. The molecule has 25 heavy (non-hydrogen) atoms. The molecule has 1 aromatic heterocycles. The number of nitrogens with zero attached hydrogens (tertiary/aromatic N) is 4. The average Bonchev–Trinajstić information content (AvgIpc) is 2.98. The minimum atomic E-state index is -3.53. The van der Waals surface area contributed by atoms with E-state index in [2.05, 4.69) is 10.00 Å². The number of aromatic nitrogens is 2. The van der Waals surface area contributed by atoms with E-state index in [9.17, 15) is 8.42 Å².